The highest BCUT2D eigenvalue weighted by molar-refractivity contribution is 5.79. The Bertz CT molecular complexity index is 643. The van der Waals surface area contributed by atoms with Crippen LogP contribution in [-0.2, 0) is 4.79 Å². The molecule has 0 radical (unpaired) electrons. The number of rotatable bonds is 4. The number of hydrogen-bond acceptors (Lipinski definition) is 3. The quantitative estimate of drug-likeness (QED) is 0.649. The molecule has 102 valence electrons. The second kappa shape index (κ2) is 5.27. The number of aromatic nitrogens is 2. The number of carbonyl (C=O) groups excluding carboxylic acids is 1. The summed E-state index contributed by atoms with van der Waals surface area (Å²) in [6.45, 7) is 4.00. The standard InChI is InChI=1S/C13H18N4O2/c1-7(6-14)12(18)15-8(2)9-3-4-10-11(5-9)17-13(19)16-10/h3-5,7-8H,6,14H2,1-2H3,(H,15,18)(H2,16,17,19). The van der Waals surface area contributed by atoms with Crippen molar-refractivity contribution < 1.29 is 4.79 Å². The van der Waals surface area contributed by atoms with Crippen molar-refractivity contribution in [2.45, 2.75) is 19.9 Å². The van der Waals surface area contributed by atoms with Crippen molar-refractivity contribution in [3.05, 3.63) is 34.2 Å². The molecule has 2 atom stereocenters. The molecular formula is C13H18N4O2. The van der Waals surface area contributed by atoms with E-state index in [9.17, 15) is 9.59 Å². The number of nitrogens with two attached hydrogens (primary N) is 1. The summed E-state index contributed by atoms with van der Waals surface area (Å²) < 4.78 is 0. The fourth-order valence-corrected chi connectivity index (χ4v) is 1.87. The Balaban J connectivity index is 2.19. The Labute approximate surface area is 110 Å². The van der Waals surface area contributed by atoms with Crippen molar-refractivity contribution in [1.82, 2.24) is 15.3 Å². The van der Waals surface area contributed by atoms with Crippen LogP contribution in [0.1, 0.15) is 25.5 Å². The predicted molar refractivity (Wildman–Crippen MR) is 73.7 cm³/mol. The van der Waals surface area contributed by atoms with E-state index in [-0.39, 0.29) is 23.6 Å². The number of carbonyl (C=O) groups is 1. The SMILES string of the molecule is CC(CN)C(=O)NC(C)c1ccc2[nH]c(=O)[nH]c2c1. The highest BCUT2D eigenvalue weighted by Gasteiger charge is 2.15. The number of benzene rings is 1. The van der Waals surface area contributed by atoms with Gasteiger partial charge in [0.2, 0.25) is 5.91 Å². The summed E-state index contributed by atoms with van der Waals surface area (Å²) in [7, 11) is 0. The number of amides is 1. The van der Waals surface area contributed by atoms with Crippen molar-refractivity contribution in [3.8, 4) is 0 Å². The zero-order valence-electron chi connectivity index (χ0n) is 11.0. The average Bonchev–Trinajstić information content (AvgIpc) is 2.76. The van der Waals surface area contributed by atoms with Gasteiger partial charge in [0.1, 0.15) is 0 Å². The topological polar surface area (TPSA) is 104 Å². The van der Waals surface area contributed by atoms with E-state index in [0.717, 1.165) is 16.6 Å². The Morgan fingerprint density at radius 1 is 1.32 bits per heavy atom. The Morgan fingerprint density at radius 3 is 2.68 bits per heavy atom. The smallest absolute Gasteiger partial charge is 0.323 e. The summed E-state index contributed by atoms with van der Waals surface area (Å²) in [5.41, 5.74) is 7.64. The van der Waals surface area contributed by atoms with E-state index in [1.165, 1.54) is 0 Å². The minimum absolute atomic E-state index is 0.0716. The molecule has 2 aromatic rings. The van der Waals surface area contributed by atoms with Crippen LogP contribution in [-0.4, -0.2) is 22.4 Å². The van der Waals surface area contributed by atoms with Gasteiger partial charge in [-0.05, 0) is 24.6 Å². The molecule has 6 heteroatoms. The van der Waals surface area contributed by atoms with Crippen LogP contribution >= 0.6 is 0 Å². The molecule has 0 bridgehead atoms. The van der Waals surface area contributed by atoms with Gasteiger partial charge in [0.05, 0.1) is 17.1 Å². The molecule has 0 aliphatic heterocycles. The minimum atomic E-state index is -0.236. The van der Waals surface area contributed by atoms with Gasteiger partial charge in [-0.25, -0.2) is 4.79 Å². The molecular weight excluding hydrogens is 244 g/mol. The third-order valence-corrected chi connectivity index (χ3v) is 3.20. The maximum atomic E-state index is 11.8. The monoisotopic (exact) mass is 262 g/mol. The summed E-state index contributed by atoms with van der Waals surface area (Å²) in [6.07, 6.45) is 0. The third-order valence-electron chi connectivity index (χ3n) is 3.20. The van der Waals surface area contributed by atoms with Crippen LogP contribution in [0.2, 0.25) is 0 Å². The summed E-state index contributed by atoms with van der Waals surface area (Å²) in [6, 6.07) is 5.41. The van der Waals surface area contributed by atoms with Crippen LogP contribution < -0.4 is 16.7 Å². The van der Waals surface area contributed by atoms with Crippen LogP contribution in [0.15, 0.2) is 23.0 Å². The first-order valence-corrected chi connectivity index (χ1v) is 6.23. The first-order valence-electron chi connectivity index (χ1n) is 6.23. The molecule has 6 nitrogen and oxygen atoms in total. The van der Waals surface area contributed by atoms with Gasteiger partial charge in [-0.1, -0.05) is 13.0 Å². The van der Waals surface area contributed by atoms with E-state index >= 15 is 0 Å². The predicted octanol–water partition coefficient (Wildman–Crippen LogP) is 0.628. The highest BCUT2D eigenvalue weighted by Crippen LogP contribution is 2.17. The number of aromatic amines is 2. The molecule has 0 saturated heterocycles. The van der Waals surface area contributed by atoms with Crippen LogP contribution in [0.5, 0.6) is 0 Å². The number of imidazole rings is 1. The lowest BCUT2D eigenvalue weighted by molar-refractivity contribution is -0.124. The summed E-state index contributed by atoms with van der Waals surface area (Å²) in [5.74, 6) is -0.282. The van der Waals surface area contributed by atoms with Crippen LogP contribution in [0.4, 0.5) is 0 Å². The fraction of sp³-hybridized carbons (Fsp3) is 0.385. The van der Waals surface area contributed by atoms with E-state index < -0.39 is 0 Å². The van der Waals surface area contributed by atoms with Gasteiger partial charge < -0.3 is 21.0 Å². The van der Waals surface area contributed by atoms with Crippen molar-refractivity contribution in [3.63, 3.8) is 0 Å². The lowest BCUT2D eigenvalue weighted by Crippen LogP contribution is -2.34. The van der Waals surface area contributed by atoms with Crippen LogP contribution in [0.3, 0.4) is 0 Å². The minimum Gasteiger partial charge on any atom is -0.349 e. The first kappa shape index (κ1) is 13.4. The van der Waals surface area contributed by atoms with Gasteiger partial charge in [-0.2, -0.15) is 0 Å². The maximum absolute atomic E-state index is 11.8. The Hall–Kier alpha value is -2.08. The van der Waals surface area contributed by atoms with Crippen molar-refractivity contribution >= 4 is 16.9 Å². The van der Waals surface area contributed by atoms with Crippen molar-refractivity contribution in [2.24, 2.45) is 11.7 Å². The van der Waals surface area contributed by atoms with Gasteiger partial charge in [-0.15, -0.1) is 0 Å². The lowest BCUT2D eigenvalue weighted by atomic mass is 10.1. The molecule has 1 aromatic carbocycles. The normalized spacial score (nSPS) is 14.3. The average molecular weight is 262 g/mol. The molecule has 19 heavy (non-hydrogen) atoms. The van der Waals surface area contributed by atoms with E-state index in [4.69, 9.17) is 5.73 Å². The molecule has 2 rings (SSSR count). The van der Waals surface area contributed by atoms with Gasteiger partial charge in [0.15, 0.2) is 0 Å². The Kier molecular flexibility index (Phi) is 3.71. The van der Waals surface area contributed by atoms with Crippen molar-refractivity contribution in [1.29, 1.82) is 0 Å². The Morgan fingerprint density at radius 2 is 2.00 bits per heavy atom. The molecule has 0 saturated carbocycles. The lowest BCUT2D eigenvalue weighted by Gasteiger charge is -2.17. The molecule has 1 aromatic heterocycles. The van der Waals surface area contributed by atoms with E-state index in [0.29, 0.717) is 6.54 Å². The zero-order chi connectivity index (χ0) is 14.0. The summed E-state index contributed by atoms with van der Waals surface area (Å²) in [4.78, 5) is 28.3. The van der Waals surface area contributed by atoms with E-state index in [1.54, 1.807) is 6.92 Å². The van der Waals surface area contributed by atoms with Gasteiger partial charge >= 0.3 is 5.69 Å². The van der Waals surface area contributed by atoms with E-state index in [2.05, 4.69) is 15.3 Å². The maximum Gasteiger partial charge on any atom is 0.323 e. The molecule has 0 spiro atoms. The van der Waals surface area contributed by atoms with Gasteiger partial charge in [0.25, 0.3) is 0 Å². The number of fused-ring (bicyclic) bond motifs is 1. The van der Waals surface area contributed by atoms with Gasteiger partial charge in [-0.3, -0.25) is 4.79 Å². The fourth-order valence-electron chi connectivity index (χ4n) is 1.87. The molecule has 5 N–H and O–H groups in total. The second-order valence-electron chi connectivity index (χ2n) is 4.75. The largest absolute Gasteiger partial charge is 0.349 e. The second-order valence-corrected chi connectivity index (χ2v) is 4.75. The third kappa shape index (κ3) is 2.85. The summed E-state index contributed by atoms with van der Waals surface area (Å²) >= 11 is 0. The first-order chi connectivity index (χ1) is 9.01. The molecule has 2 unspecified atom stereocenters. The van der Waals surface area contributed by atoms with Crippen LogP contribution in [0.25, 0.3) is 11.0 Å². The zero-order valence-corrected chi connectivity index (χ0v) is 11.0. The number of nitrogens with one attached hydrogen (secondary N) is 3. The van der Waals surface area contributed by atoms with Gasteiger partial charge in [0, 0.05) is 12.5 Å². The number of hydrogen-bond donors (Lipinski definition) is 4. The van der Waals surface area contributed by atoms with Crippen molar-refractivity contribution in [2.75, 3.05) is 6.54 Å². The van der Waals surface area contributed by atoms with E-state index in [1.807, 2.05) is 25.1 Å². The molecule has 0 fully saturated rings. The highest BCUT2D eigenvalue weighted by atomic mass is 16.2. The van der Waals surface area contributed by atoms with Crippen LogP contribution in [0, 0.1) is 5.92 Å². The summed E-state index contributed by atoms with van der Waals surface area (Å²) in [5, 5.41) is 2.90. The molecule has 1 amide bonds. The number of H-pyrrole nitrogens is 2. The molecule has 0 aliphatic rings. The molecule has 0 aliphatic carbocycles. The molecule has 1 heterocycles.